The first-order chi connectivity index (χ1) is 10.2. The van der Waals surface area contributed by atoms with Crippen LogP contribution in [-0.4, -0.2) is 84.2 Å². The van der Waals surface area contributed by atoms with Crippen molar-refractivity contribution in [1.82, 2.24) is 0 Å². The van der Waals surface area contributed by atoms with Gasteiger partial charge in [-0.25, -0.2) is 4.39 Å². The molecule has 0 amide bonds. The van der Waals surface area contributed by atoms with Crippen LogP contribution in [0.3, 0.4) is 0 Å². The summed E-state index contributed by atoms with van der Waals surface area (Å²) in [4.78, 5) is -0.307. The Morgan fingerprint density at radius 2 is 0.958 bits per heavy atom. The van der Waals surface area contributed by atoms with Crippen molar-refractivity contribution in [3.8, 4) is 0 Å². The van der Waals surface area contributed by atoms with Crippen LogP contribution in [0, 0.1) is 5.82 Å². The van der Waals surface area contributed by atoms with Crippen LogP contribution in [0.15, 0.2) is 29.2 Å². The van der Waals surface area contributed by atoms with Gasteiger partial charge in [-0.2, -0.15) is 8.42 Å². The summed E-state index contributed by atoms with van der Waals surface area (Å²) in [7, 11) is -12.2. The topological polar surface area (TPSA) is 176 Å². The zero-order valence-corrected chi connectivity index (χ0v) is 11.7. The van der Waals surface area contributed by atoms with E-state index in [0.717, 1.165) is 24.3 Å². The molecule has 1 aromatic rings. The van der Waals surface area contributed by atoms with Crippen LogP contribution in [-0.2, 0) is 10.1 Å². The first-order valence-electron chi connectivity index (χ1n) is 4.93. The predicted molar refractivity (Wildman–Crippen MR) is 77.3 cm³/mol. The fraction of sp³-hybridized carbons (Fsp3) is 0. The van der Waals surface area contributed by atoms with Gasteiger partial charge in [0, 0.05) is 0 Å². The van der Waals surface area contributed by atoms with Gasteiger partial charge in [0.1, 0.15) is 5.82 Å². The van der Waals surface area contributed by atoms with Crippen molar-refractivity contribution in [1.29, 1.82) is 0 Å². The average Bonchev–Trinajstić information content (AvgIpc) is 2.25. The third-order valence-corrected chi connectivity index (χ3v) is 1.98. The van der Waals surface area contributed by atoms with Gasteiger partial charge in [-0.05, 0) is 24.3 Å². The molecule has 0 aliphatic rings. The Labute approximate surface area is 147 Å². The van der Waals surface area contributed by atoms with Crippen molar-refractivity contribution in [2.75, 3.05) is 0 Å². The number of halogens is 4. The first kappa shape index (κ1) is 31.2. The van der Waals surface area contributed by atoms with E-state index in [2.05, 4.69) is 0 Å². The number of hydrogen-bond acceptors (Lipinski definition) is 8. The van der Waals surface area contributed by atoms with E-state index in [-0.39, 0.29) is 23.8 Å². The van der Waals surface area contributed by atoms with E-state index in [4.69, 9.17) is 34.7 Å². The number of hydrogen-bond donors (Lipinski definition) is 7. The minimum atomic E-state index is -4.19. The Balaban J connectivity index is -0.000000130. The zero-order chi connectivity index (χ0) is 19.2. The van der Waals surface area contributed by atoms with Crippen LogP contribution in [0.5, 0.6) is 0 Å². The van der Waals surface area contributed by atoms with E-state index >= 15 is 0 Å². The maximum absolute atomic E-state index is 12.2. The molecule has 0 heterocycles. The molecular weight excluding hydrogens is 363 g/mol. The molecule has 0 unspecified atom stereocenters. The number of benzene rings is 1. The molecule has 0 fully saturated rings. The van der Waals surface area contributed by atoms with Crippen molar-refractivity contribution >= 4 is 51.2 Å². The van der Waals surface area contributed by atoms with Gasteiger partial charge in [0.25, 0.3) is 10.1 Å². The number of rotatable bonds is 1. The van der Waals surface area contributed by atoms with E-state index in [1.54, 1.807) is 0 Å². The van der Waals surface area contributed by atoms with E-state index in [0.29, 0.717) is 0 Å². The second-order valence-electron chi connectivity index (χ2n) is 2.86. The zero-order valence-electron chi connectivity index (χ0n) is 10.9. The van der Waals surface area contributed by atoms with Gasteiger partial charge in [0.2, 0.25) is 0 Å². The molecule has 0 aliphatic heterocycles. The van der Waals surface area contributed by atoms with Crippen LogP contribution < -0.4 is 0 Å². The molecule has 0 spiro atoms. The standard InChI is InChI=1S/C6H5FO3S.3BFH2O2.Li.H/c7-5-1-3-6(4-2-5)11(8,9)10;3*2-1(3)4;;/h1-4H,(H,8,9,10);3*3-4H;;. The molecule has 0 aromatic heterocycles. The summed E-state index contributed by atoms with van der Waals surface area (Å²) in [6, 6.07) is 3.90. The van der Waals surface area contributed by atoms with Gasteiger partial charge in [0.05, 0.1) is 4.90 Å². The van der Waals surface area contributed by atoms with Gasteiger partial charge in [-0.1, -0.05) is 0 Å². The third kappa shape index (κ3) is 37.6. The Morgan fingerprint density at radius 3 is 1.12 bits per heavy atom. The Kier molecular flexibility index (Phi) is 22.4. The minimum absolute atomic E-state index is 0. The molecule has 9 nitrogen and oxygen atoms in total. The molecule has 7 N–H and O–H groups in total. The van der Waals surface area contributed by atoms with Gasteiger partial charge in [0.15, 0.2) is 0 Å². The molecular formula is C6H12B3F4LiO9S. The molecule has 18 heteroatoms. The van der Waals surface area contributed by atoms with Gasteiger partial charge < -0.3 is 30.1 Å². The van der Waals surface area contributed by atoms with E-state index in [1.807, 2.05) is 0 Å². The van der Waals surface area contributed by atoms with E-state index < -0.39 is 38.1 Å². The molecule has 1 rings (SSSR count). The molecule has 0 radical (unpaired) electrons. The predicted octanol–water partition coefficient (Wildman–Crippen LogP) is -2.80. The van der Waals surface area contributed by atoms with Gasteiger partial charge in [-0.3, -0.25) is 17.5 Å². The second kappa shape index (κ2) is 17.2. The maximum atomic E-state index is 12.2. The summed E-state index contributed by atoms with van der Waals surface area (Å²) in [5.74, 6) is -0.544. The van der Waals surface area contributed by atoms with Crippen LogP contribution in [0.1, 0.15) is 0 Å². The summed E-state index contributed by atoms with van der Waals surface area (Å²) < 4.78 is 71.7. The van der Waals surface area contributed by atoms with Crippen LogP contribution in [0.2, 0.25) is 0 Å². The van der Waals surface area contributed by atoms with Crippen LogP contribution in [0.4, 0.5) is 17.3 Å². The Bertz CT molecular complexity index is 470. The van der Waals surface area contributed by atoms with Crippen molar-refractivity contribution in [2.24, 2.45) is 0 Å². The summed E-state index contributed by atoms with van der Waals surface area (Å²) in [5, 5.41) is 41.7. The van der Waals surface area contributed by atoms with Crippen molar-refractivity contribution in [3.05, 3.63) is 30.1 Å². The molecule has 1 aromatic carbocycles. The van der Waals surface area contributed by atoms with Gasteiger partial charge >= 0.3 is 41.0 Å². The second-order valence-corrected chi connectivity index (χ2v) is 4.28. The summed E-state index contributed by atoms with van der Waals surface area (Å²) in [5.41, 5.74) is 0. The van der Waals surface area contributed by atoms with Crippen LogP contribution in [0.25, 0.3) is 0 Å². The first-order valence-corrected chi connectivity index (χ1v) is 6.37. The summed E-state index contributed by atoms with van der Waals surface area (Å²) in [6.45, 7) is 0. The van der Waals surface area contributed by atoms with Crippen LogP contribution >= 0.6 is 0 Å². The monoisotopic (exact) mass is 376 g/mol. The molecule has 0 saturated carbocycles. The fourth-order valence-corrected chi connectivity index (χ4v) is 1.09. The van der Waals surface area contributed by atoms with E-state index in [9.17, 15) is 25.8 Å². The molecule has 0 aliphatic carbocycles. The van der Waals surface area contributed by atoms with Crippen molar-refractivity contribution in [2.45, 2.75) is 4.90 Å². The molecule has 134 valence electrons. The fourth-order valence-electron chi connectivity index (χ4n) is 0.607. The normalized spacial score (nSPS) is 8.62. The molecule has 24 heavy (non-hydrogen) atoms. The average molecular weight is 376 g/mol. The summed E-state index contributed by atoms with van der Waals surface area (Å²) in [6.07, 6.45) is 0. The SMILES string of the molecule is O=S(=O)(O)c1ccc(F)cc1.OB(O)F.OB(O)F.OB(O)F.[LiH]. The summed E-state index contributed by atoms with van der Waals surface area (Å²) >= 11 is 0. The quantitative estimate of drug-likeness (QED) is 0.155. The van der Waals surface area contributed by atoms with Crippen molar-refractivity contribution in [3.63, 3.8) is 0 Å². The Hall–Kier alpha value is -0.598. The molecule has 0 bridgehead atoms. The van der Waals surface area contributed by atoms with Gasteiger partial charge in [-0.15, -0.1) is 0 Å². The molecule has 0 atom stereocenters. The van der Waals surface area contributed by atoms with E-state index in [1.165, 1.54) is 0 Å². The Morgan fingerprint density at radius 1 is 0.750 bits per heavy atom. The third-order valence-electron chi connectivity index (χ3n) is 1.11. The molecule has 0 saturated heterocycles. The van der Waals surface area contributed by atoms with Crippen molar-refractivity contribution < 1.29 is 60.5 Å².